The molecule has 2 rings (SSSR count). The minimum Gasteiger partial charge on any atom is -0.414 e. The standard InChI is InChI=1S/C11H11N3O3/c12-10(15)11-14-13-9(17-11)7-16-6-8-4-2-1-3-5-8/h1-5H,6-7H2,(H2,12,15). The van der Waals surface area contributed by atoms with Gasteiger partial charge < -0.3 is 14.9 Å². The van der Waals surface area contributed by atoms with Crippen LogP contribution in [0.3, 0.4) is 0 Å². The van der Waals surface area contributed by atoms with Crippen molar-refractivity contribution in [1.29, 1.82) is 0 Å². The molecule has 6 nitrogen and oxygen atoms in total. The van der Waals surface area contributed by atoms with Crippen molar-refractivity contribution in [2.24, 2.45) is 5.73 Å². The van der Waals surface area contributed by atoms with Gasteiger partial charge in [-0.1, -0.05) is 30.3 Å². The quantitative estimate of drug-likeness (QED) is 0.827. The molecule has 88 valence electrons. The Balaban J connectivity index is 1.84. The van der Waals surface area contributed by atoms with Gasteiger partial charge >= 0.3 is 11.8 Å². The SMILES string of the molecule is NC(=O)c1nnc(COCc2ccccc2)o1. The Bertz CT molecular complexity index is 496. The van der Waals surface area contributed by atoms with E-state index >= 15 is 0 Å². The van der Waals surface area contributed by atoms with Crippen LogP contribution in [0.15, 0.2) is 34.7 Å². The van der Waals surface area contributed by atoms with Gasteiger partial charge in [-0.25, -0.2) is 0 Å². The fourth-order valence-corrected chi connectivity index (χ4v) is 1.24. The monoisotopic (exact) mass is 233 g/mol. The molecule has 0 aliphatic carbocycles. The van der Waals surface area contributed by atoms with Crippen molar-refractivity contribution >= 4 is 5.91 Å². The maximum atomic E-state index is 10.7. The summed E-state index contributed by atoms with van der Waals surface area (Å²) in [5.41, 5.74) is 6.01. The molecule has 1 aromatic carbocycles. The normalized spacial score (nSPS) is 10.4. The third-order valence-corrected chi connectivity index (χ3v) is 2.01. The van der Waals surface area contributed by atoms with Crippen LogP contribution in [0.25, 0.3) is 0 Å². The molecule has 0 saturated carbocycles. The van der Waals surface area contributed by atoms with Crippen molar-refractivity contribution in [1.82, 2.24) is 10.2 Å². The number of benzene rings is 1. The number of primary amides is 1. The Morgan fingerprint density at radius 1 is 1.24 bits per heavy atom. The maximum absolute atomic E-state index is 10.7. The van der Waals surface area contributed by atoms with E-state index in [9.17, 15) is 4.79 Å². The number of carbonyl (C=O) groups excluding carboxylic acids is 1. The minimum atomic E-state index is -0.744. The van der Waals surface area contributed by atoms with Gasteiger partial charge in [0.25, 0.3) is 0 Å². The van der Waals surface area contributed by atoms with E-state index in [1.807, 2.05) is 30.3 Å². The maximum Gasteiger partial charge on any atom is 0.306 e. The first-order valence-electron chi connectivity index (χ1n) is 4.99. The molecule has 1 amide bonds. The molecule has 0 atom stereocenters. The number of carbonyl (C=O) groups is 1. The van der Waals surface area contributed by atoms with Crippen LogP contribution < -0.4 is 5.73 Å². The van der Waals surface area contributed by atoms with Gasteiger partial charge in [0.15, 0.2) is 0 Å². The molecule has 0 fully saturated rings. The van der Waals surface area contributed by atoms with E-state index in [0.717, 1.165) is 5.56 Å². The zero-order chi connectivity index (χ0) is 12.1. The molecular formula is C11H11N3O3. The summed E-state index contributed by atoms with van der Waals surface area (Å²) in [5.74, 6) is -0.718. The predicted molar refractivity (Wildman–Crippen MR) is 57.8 cm³/mol. The number of hydrogen-bond acceptors (Lipinski definition) is 5. The molecule has 2 N–H and O–H groups in total. The fourth-order valence-electron chi connectivity index (χ4n) is 1.24. The van der Waals surface area contributed by atoms with E-state index in [-0.39, 0.29) is 18.4 Å². The topological polar surface area (TPSA) is 91.2 Å². The summed E-state index contributed by atoms with van der Waals surface area (Å²) in [4.78, 5) is 10.7. The number of nitrogens with two attached hydrogens (primary N) is 1. The van der Waals surface area contributed by atoms with Crippen LogP contribution in [0.2, 0.25) is 0 Å². The molecule has 0 aliphatic rings. The van der Waals surface area contributed by atoms with Crippen molar-refractivity contribution in [2.45, 2.75) is 13.2 Å². The van der Waals surface area contributed by atoms with Gasteiger partial charge in [0.05, 0.1) is 6.61 Å². The second kappa shape index (κ2) is 5.22. The first-order valence-corrected chi connectivity index (χ1v) is 4.99. The lowest BCUT2D eigenvalue weighted by molar-refractivity contribution is 0.0854. The van der Waals surface area contributed by atoms with Crippen LogP contribution in [0.5, 0.6) is 0 Å². The van der Waals surface area contributed by atoms with Crippen molar-refractivity contribution in [3.05, 3.63) is 47.7 Å². The second-order valence-electron chi connectivity index (χ2n) is 3.34. The number of aromatic nitrogens is 2. The summed E-state index contributed by atoms with van der Waals surface area (Å²) in [5, 5.41) is 7.10. The van der Waals surface area contributed by atoms with Crippen LogP contribution in [-0.2, 0) is 18.0 Å². The zero-order valence-corrected chi connectivity index (χ0v) is 9.00. The summed E-state index contributed by atoms with van der Waals surface area (Å²) in [6.45, 7) is 0.588. The fraction of sp³-hybridized carbons (Fsp3) is 0.182. The Morgan fingerprint density at radius 2 is 2.00 bits per heavy atom. The molecule has 6 heteroatoms. The molecule has 0 unspecified atom stereocenters. The van der Waals surface area contributed by atoms with Crippen molar-refractivity contribution in [3.8, 4) is 0 Å². The third kappa shape index (κ3) is 3.12. The number of nitrogens with zero attached hydrogens (tertiary/aromatic N) is 2. The Kier molecular flexibility index (Phi) is 3.46. The summed E-state index contributed by atoms with van der Waals surface area (Å²) < 4.78 is 10.3. The summed E-state index contributed by atoms with van der Waals surface area (Å²) in [7, 11) is 0. The molecule has 0 radical (unpaired) electrons. The van der Waals surface area contributed by atoms with Gasteiger partial charge in [0.2, 0.25) is 5.89 Å². The highest BCUT2D eigenvalue weighted by Crippen LogP contribution is 2.05. The summed E-state index contributed by atoms with van der Waals surface area (Å²) in [6, 6.07) is 9.68. The van der Waals surface area contributed by atoms with Gasteiger partial charge in [-0.05, 0) is 5.56 Å². The molecule has 17 heavy (non-hydrogen) atoms. The van der Waals surface area contributed by atoms with Crippen molar-refractivity contribution < 1.29 is 13.9 Å². The third-order valence-electron chi connectivity index (χ3n) is 2.01. The van der Waals surface area contributed by atoms with Gasteiger partial charge in [-0.2, -0.15) is 0 Å². The van der Waals surface area contributed by atoms with Gasteiger partial charge in [-0.15, -0.1) is 10.2 Å². The van der Waals surface area contributed by atoms with Crippen LogP contribution >= 0.6 is 0 Å². The lowest BCUT2D eigenvalue weighted by atomic mass is 10.2. The highest BCUT2D eigenvalue weighted by atomic mass is 16.5. The molecule has 0 aliphatic heterocycles. The van der Waals surface area contributed by atoms with Crippen LogP contribution in [0.4, 0.5) is 0 Å². The molecular weight excluding hydrogens is 222 g/mol. The Labute approximate surface area is 97.4 Å². The second-order valence-corrected chi connectivity index (χ2v) is 3.34. The highest BCUT2D eigenvalue weighted by Gasteiger charge is 2.10. The van der Waals surface area contributed by atoms with Gasteiger partial charge in [-0.3, -0.25) is 4.79 Å². The average molecular weight is 233 g/mol. The minimum absolute atomic E-state index is 0.148. The smallest absolute Gasteiger partial charge is 0.306 e. The average Bonchev–Trinajstić information content (AvgIpc) is 2.79. The number of amides is 1. The van der Waals surface area contributed by atoms with Crippen LogP contribution in [0.1, 0.15) is 22.1 Å². The van der Waals surface area contributed by atoms with E-state index in [1.165, 1.54) is 0 Å². The van der Waals surface area contributed by atoms with Crippen LogP contribution in [-0.4, -0.2) is 16.1 Å². The largest absolute Gasteiger partial charge is 0.414 e. The molecule has 0 saturated heterocycles. The summed E-state index contributed by atoms with van der Waals surface area (Å²) >= 11 is 0. The van der Waals surface area contributed by atoms with E-state index in [4.69, 9.17) is 14.9 Å². The van der Waals surface area contributed by atoms with E-state index in [2.05, 4.69) is 10.2 Å². The van der Waals surface area contributed by atoms with Gasteiger partial charge in [0, 0.05) is 0 Å². The lowest BCUT2D eigenvalue weighted by Gasteiger charge is -2.00. The van der Waals surface area contributed by atoms with E-state index in [1.54, 1.807) is 0 Å². The van der Waals surface area contributed by atoms with E-state index in [0.29, 0.717) is 6.61 Å². The molecule has 1 heterocycles. The van der Waals surface area contributed by atoms with Crippen LogP contribution in [0, 0.1) is 0 Å². The number of ether oxygens (including phenoxy) is 1. The lowest BCUT2D eigenvalue weighted by Crippen LogP contribution is -2.11. The first kappa shape index (κ1) is 11.3. The summed E-state index contributed by atoms with van der Waals surface area (Å²) in [6.07, 6.45) is 0. The van der Waals surface area contributed by atoms with E-state index < -0.39 is 5.91 Å². The van der Waals surface area contributed by atoms with Crippen molar-refractivity contribution in [2.75, 3.05) is 0 Å². The molecule has 0 bridgehead atoms. The van der Waals surface area contributed by atoms with Gasteiger partial charge in [0.1, 0.15) is 6.61 Å². The molecule has 0 spiro atoms. The van der Waals surface area contributed by atoms with Crippen molar-refractivity contribution in [3.63, 3.8) is 0 Å². The highest BCUT2D eigenvalue weighted by molar-refractivity contribution is 5.87. The molecule has 2 aromatic rings. The number of rotatable bonds is 5. The predicted octanol–water partition coefficient (Wildman–Crippen LogP) is 0.885. The zero-order valence-electron chi connectivity index (χ0n) is 9.00. The Hall–Kier alpha value is -2.21. The molecule has 1 aromatic heterocycles. The first-order chi connectivity index (χ1) is 8.25. The number of hydrogen-bond donors (Lipinski definition) is 1. The Morgan fingerprint density at radius 3 is 2.65 bits per heavy atom.